The molecule has 4 N–H and O–H groups in total. The van der Waals surface area contributed by atoms with Crippen molar-refractivity contribution in [2.24, 2.45) is 0 Å². The van der Waals surface area contributed by atoms with Crippen LogP contribution in [0.1, 0.15) is 20.3 Å². The molecule has 0 aromatic heterocycles. The molecule has 0 saturated carbocycles. The molecule has 10 nitrogen and oxygen atoms in total. The molecule has 12 heteroatoms. The molecule has 0 aliphatic rings. The van der Waals surface area contributed by atoms with E-state index in [1.807, 2.05) is 0 Å². The predicted octanol–water partition coefficient (Wildman–Crippen LogP) is 0.0315. The van der Waals surface area contributed by atoms with E-state index >= 15 is 0 Å². The molecule has 0 spiro atoms. The van der Waals surface area contributed by atoms with Gasteiger partial charge in [-0.1, -0.05) is 6.58 Å². The zero-order chi connectivity index (χ0) is 22.3. The summed E-state index contributed by atoms with van der Waals surface area (Å²) in [5.41, 5.74) is 0.125. The van der Waals surface area contributed by atoms with Crippen molar-refractivity contribution in [3.05, 3.63) is 12.2 Å². The van der Waals surface area contributed by atoms with Crippen LogP contribution in [0.3, 0.4) is 0 Å². The number of aliphatic carboxylic acids is 2. The lowest BCUT2D eigenvalue weighted by molar-refractivity contribution is -0.145. The van der Waals surface area contributed by atoms with Crippen LogP contribution in [0.15, 0.2) is 12.2 Å². The average molecular weight is 433 g/mol. The van der Waals surface area contributed by atoms with E-state index in [0.29, 0.717) is 6.61 Å². The smallest absolute Gasteiger partial charge is 0.333 e. The predicted molar refractivity (Wildman–Crippen MR) is 104 cm³/mol. The molecule has 0 heterocycles. The standard InChI is InChI=1S/C9H14O4.2C2H4O2S.C2H6O2/c1-4-12-8(10)6-7(3)9(11)13-5-2;2*3-2(4)1-5;3-1-2-4/h3-6H2,1-2H3;2*5H,1H2,(H,3,4);3-4H,1-2H2. The number of carboxylic acids is 2. The molecule has 0 saturated heterocycles. The fourth-order valence-electron chi connectivity index (χ4n) is 0.692. The Morgan fingerprint density at radius 3 is 1.41 bits per heavy atom. The third kappa shape index (κ3) is 40.3. The zero-order valence-electron chi connectivity index (χ0n) is 15.3. The fourth-order valence-corrected chi connectivity index (χ4v) is 0.692. The fraction of sp³-hybridized carbons (Fsp3) is 0.600. The number of rotatable bonds is 8. The summed E-state index contributed by atoms with van der Waals surface area (Å²) >= 11 is 6.83. The van der Waals surface area contributed by atoms with Gasteiger partial charge in [0.2, 0.25) is 0 Å². The van der Waals surface area contributed by atoms with E-state index in [1.165, 1.54) is 0 Å². The van der Waals surface area contributed by atoms with Crippen molar-refractivity contribution in [2.45, 2.75) is 20.3 Å². The summed E-state index contributed by atoms with van der Waals surface area (Å²) in [5, 5.41) is 30.5. The Hall–Kier alpha value is -1.76. The highest BCUT2D eigenvalue weighted by molar-refractivity contribution is 7.81. The minimum atomic E-state index is -0.881. The first-order valence-corrected chi connectivity index (χ1v) is 8.71. The molecular weight excluding hydrogens is 404 g/mol. The van der Waals surface area contributed by atoms with Crippen molar-refractivity contribution < 1.29 is 49.1 Å². The van der Waals surface area contributed by atoms with E-state index in [-0.39, 0.29) is 43.3 Å². The van der Waals surface area contributed by atoms with Crippen LogP contribution in [-0.4, -0.2) is 82.2 Å². The number of carbonyl (C=O) groups is 4. The number of carboxylic acid groups (broad SMARTS) is 2. The van der Waals surface area contributed by atoms with Gasteiger partial charge in [0.15, 0.2) is 0 Å². The summed E-state index contributed by atoms with van der Waals surface area (Å²) in [6, 6.07) is 0. The second kappa shape index (κ2) is 26.5. The van der Waals surface area contributed by atoms with Crippen molar-refractivity contribution in [1.82, 2.24) is 0 Å². The molecule has 0 bridgehead atoms. The molecule has 0 atom stereocenters. The van der Waals surface area contributed by atoms with Gasteiger partial charge in [-0.2, -0.15) is 25.3 Å². The number of ether oxygens (including phenoxy) is 2. The Morgan fingerprint density at radius 2 is 1.19 bits per heavy atom. The van der Waals surface area contributed by atoms with E-state index in [9.17, 15) is 19.2 Å². The van der Waals surface area contributed by atoms with Gasteiger partial charge in [-0.05, 0) is 13.8 Å². The minimum absolute atomic E-state index is 0.0833. The summed E-state index contributed by atoms with van der Waals surface area (Å²) in [5.74, 6) is -2.93. The minimum Gasteiger partial charge on any atom is -0.481 e. The number of aliphatic hydroxyl groups is 2. The molecule has 0 aliphatic carbocycles. The highest BCUT2D eigenvalue weighted by Crippen LogP contribution is 2.02. The van der Waals surface area contributed by atoms with Crippen LogP contribution in [0.4, 0.5) is 0 Å². The molecule has 0 fully saturated rings. The largest absolute Gasteiger partial charge is 0.481 e. The Balaban J connectivity index is -0.000000155. The van der Waals surface area contributed by atoms with E-state index in [0.717, 1.165) is 0 Å². The Labute approximate surface area is 169 Å². The summed E-state index contributed by atoms with van der Waals surface area (Å²) in [4.78, 5) is 40.4. The number of carbonyl (C=O) groups excluding carboxylic acids is 2. The van der Waals surface area contributed by atoms with Crippen molar-refractivity contribution in [3.63, 3.8) is 0 Å². The van der Waals surface area contributed by atoms with Gasteiger partial charge in [-0.25, -0.2) is 4.79 Å². The quantitative estimate of drug-likeness (QED) is 0.175. The lowest BCUT2D eigenvalue weighted by atomic mass is 10.2. The van der Waals surface area contributed by atoms with Crippen LogP contribution >= 0.6 is 25.3 Å². The molecule has 0 amide bonds. The third-order valence-electron chi connectivity index (χ3n) is 1.60. The van der Waals surface area contributed by atoms with Crippen LogP contribution in [0, 0.1) is 0 Å². The van der Waals surface area contributed by atoms with Gasteiger partial charge in [0.25, 0.3) is 0 Å². The monoisotopic (exact) mass is 432 g/mol. The molecule has 0 aromatic rings. The molecule has 0 unspecified atom stereocenters. The van der Waals surface area contributed by atoms with E-state index in [4.69, 9.17) is 20.4 Å². The van der Waals surface area contributed by atoms with Crippen LogP contribution in [0.25, 0.3) is 0 Å². The Morgan fingerprint density at radius 1 is 0.852 bits per heavy atom. The van der Waals surface area contributed by atoms with Crippen molar-refractivity contribution in [1.29, 1.82) is 0 Å². The first-order valence-electron chi connectivity index (χ1n) is 7.45. The first kappa shape index (κ1) is 32.9. The summed E-state index contributed by atoms with van der Waals surface area (Å²) in [7, 11) is 0. The van der Waals surface area contributed by atoms with Crippen LogP contribution < -0.4 is 0 Å². The SMILES string of the molecule is C=C(CC(=O)OCC)C(=O)OCC.O=C(O)CS.O=C(O)CS.OCCO. The van der Waals surface area contributed by atoms with E-state index < -0.39 is 23.9 Å². The number of esters is 2. The molecule has 0 radical (unpaired) electrons. The van der Waals surface area contributed by atoms with E-state index in [2.05, 4.69) is 41.3 Å². The van der Waals surface area contributed by atoms with Crippen molar-refractivity contribution >= 4 is 49.1 Å². The molecule has 0 aromatic carbocycles. The Kier molecular flexibility index (Phi) is 32.2. The number of hydrogen-bond acceptors (Lipinski definition) is 10. The summed E-state index contributed by atoms with van der Waals surface area (Å²) in [6.07, 6.45) is -0.104. The number of thiol groups is 2. The number of hydrogen-bond donors (Lipinski definition) is 6. The van der Waals surface area contributed by atoms with Gasteiger partial charge in [-0.3, -0.25) is 14.4 Å². The molecule has 160 valence electrons. The zero-order valence-corrected chi connectivity index (χ0v) is 17.1. The maximum absolute atomic E-state index is 11.0. The number of aliphatic hydroxyl groups excluding tert-OH is 2. The van der Waals surface area contributed by atoms with Crippen LogP contribution in [0.5, 0.6) is 0 Å². The average Bonchev–Trinajstić information content (AvgIpc) is 2.63. The van der Waals surface area contributed by atoms with Crippen molar-refractivity contribution in [2.75, 3.05) is 37.9 Å². The first-order chi connectivity index (χ1) is 12.6. The van der Waals surface area contributed by atoms with Gasteiger partial charge in [-0.15, -0.1) is 0 Å². The molecule has 0 aliphatic heterocycles. The van der Waals surface area contributed by atoms with Gasteiger partial charge < -0.3 is 29.9 Å². The van der Waals surface area contributed by atoms with Gasteiger partial charge in [0, 0.05) is 5.57 Å². The van der Waals surface area contributed by atoms with E-state index in [1.54, 1.807) is 13.8 Å². The van der Waals surface area contributed by atoms with Crippen molar-refractivity contribution in [3.8, 4) is 0 Å². The molecular formula is C15H28O10S2. The normalized spacial score (nSPS) is 8.22. The van der Waals surface area contributed by atoms with Crippen LogP contribution in [-0.2, 0) is 28.7 Å². The maximum Gasteiger partial charge on any atom is 0.333 e. The highest BCUT2D eigenvalue weighted by atomic mass is 32.1. The van der Waals surface area contributed by atoms with Gasteiger partial charge in [0.05, 0.1) is 44.4 Å². The summed E-state index contributed by atoms with van der Waals surface area (Å²) in [6.45, 7) is 7.14. The highest BCUT2D eigenvalue weighted by Gasteiger charge is 2.12. The molecule has 27 heavy (non-hydrogen) atoms. The van der Waals surface area contributed by atoms with Gasteiger partial charge >= 0.3 is 23.9 Å². The molecule has 0 rings (SSSR count). The third-order valence-corrected chi connectivity index (χ3v) is 2.14. The second-order valence-electron chi connectivity index (χ2n) is 3.86. The Bertz CT molecular complexity index is 411. The maximum atomic E-state index is 11.0. The second-order valence-corrected chi connectivity index (χ2v) is 4.49. The topological polar surface area (TPSA) is 168 Å². The van der Waals surface area contributed by atoms with Gasteiger partial charge in [0.1, 0.15) is 0 Å². The van der Waals surface area contributed by atoms with Crippen LogP contribution in [0.2, 0.25) is 0 Å². The summed E-state index contributed by atoms with van der Waals surface area (Å²) < 4.78 is 9.27. The lowest BCUT2D eigenvalue weighted by Crippen LogP contribution is -2.12. The lowest BCUT2D eigenvalue weighted by Gasteiger charge is -2.04.